The highest BCUT2D eigenvalue weighted by Gasteiger charge is 2.39. The minimum atomic E-state index is -0.428. The molecule has 0 atom stereocenters. The number of carbonyl (C=O) groups excluding carboxylic acids is 3. The van der Waals surface area contributed by atoms with E-state index in [0.717, 1.165) is 150 Å². The molecule has 4 aliphatic rings. The van der Waals surface area contributed by atoms with Crippen LogP contribution in [-0.4, -0.2) is 84.0 Å². The van der Waals surface area contributed by atoms with E-state index in [1.807, 2.05) is 140 Å². The number of esters is 3. The van der Waals surface area contributed by atoms with Gasteiger partial charge in [0.1, 0.15) is 80.5 Å². The summed E-state index contributed by atoms with van der Waals surface area (Å²) in [6, 6.07) is 78.2. The molecule has 0 amide bonds. The van der Waals surface area contributed by atoms with E-state index in [1.54, 1.807) is 60.7 Å². The Balaban J connectivity index is 0.000000156. The molecule has 4 aliphatic carbocycles. The van der Waals surface area contributed by atoms with Crippen LogP contribution >= 0.6 is 0 Å². The first-order valence-corrected chi connectivity index (χ1v) is 49.4. The zero-order valence-electron chi connectivity index (χ0n) is 83.5. The minimum Gasteiger partial charge on any atom is -0.494 e. The Morgan fingerprint density at radius 1 is 0.275 bits per heavy atom. The lowest BCUT2D eigenvalue weighted by molar-refractivity contribution is -0.140. The predicted octanol–water partition coefficient (Wildman–Crippen LogP) is 28.3. The molecule has 0 saturated heterocycles. The molecule has 0 bridgehead atoms. The van der Waals surface area contributed by atoms with Crippen molar-refractivity contribution in [1.29, 1.82) is 0 Å². The summed E-state index contributed by atoms with van der Waals surface area (Å²) in [5.74, 6) is 11.0. The number of fused-ring (bicyclic) bond motifs is 6. The summed E-state index contributed by atoms with van der Waals surface area (Å²) in [7, 11) is 0. The van der Waals surface area contributed by atoms with Crippen LogP contribution in [-0.2, 0) is 46.0 Å². The van der Waals surface area contributed by atoms with E-state index < -0.39 is 11.9 Å². The molecule has 12 aromatic rings. The molecule has 12 aromatic carbocycles. The lowest BCUT2D eigenvalue weighted by Crippen LogP contribution is -2.25. The average Bonchev–Trinajstić information content (AvgIpc) is 1.58. The SMILES string of the molecule is CCC1CCC(OCOc2ccc3c(c2)C(C)(C)c2cc(OC(=O)C4CCC(CC)CC4)ccc2-3)CC1.CCOc1ccc(CCc2ccc(CCc3ccc(OCC)cc3)c(C)c2C)cc1.CCOc1ccc(OCOc2ccc(OC(=O)c3ccc(OCC)cc3)c(C)c2C)cc1.CCOc1ccc(OCOc2ccc3c(c2)C(C)(C)c2cc(OC(=O)c4ccc(OCC)cc4)ccc2-3)cc1. The van der Waals surface area contributed by atoms with E-state index >= 15 is 0 Å². The normalized spacial score (nSPS) is 15.4. The quantitative estimate of drug-likeness (QED) is 0.0202. The van der Waals surface area contributed by atoms with Gasteiger partial charge in [-0.2, -0.15) is 0 Å². The van der Waals surface area contributed by atoms with Gasteiger partial charge in [-0.15, -0.1) is 0 Å². The van der Waals surface area contributed by atoms with Crippen molar-refractivity contribution < 1.29 is 85.4 Å². The molecule has 18 nitrogen and oxygen atoms in total. The molecule has 0 spiro atoms. The Hall–Kier alpha value is -13.2. The first-order valence-electron chi connectivity index (χ1n) is 49.4. The van der Waals surface area contributed by atoms with Crippen molar-refractivity contribution in [2.75, 3.05) is 60.0 Å². The van der Waals surface area contributed by atoms with Crippen LogP contribution in [0.1, 0.15) is 235 Å². The predicted molar refractivity (Wildman–Crippen MR) is 546 cm³/mol. The molecule has 0 aromatic heterocycles. The van der Waals surface area contributed by atoms with Gasteiger partial charge in [-0.3, -0.25) is 4.79 Å². The summed E-state index contributed by atoms with van der Waals surface area (Å²) in [6.45, 7) is 37.7. The second kappa shape index (κ2) is 49.7. The third-order valence-corrected chi connectivity index (χ3v) is 27.0. The van der Waals surface area contributed by atoms with E-state index in [1.165, 1.54) is 81.3 Å². The summed E-state index contributed by atoms with van der Waals surface area (Å²) in [5.41, 5.74) is 20.0. The topological polar surface area (TPSA) is 190 Å². The molecule has 18 heteroatoms. The number of rotatable bonds is 38. The lowest BCUT2D eigenvalue weighted by atomic mass is 9.81. The van der Waals surface area contributed by atoms with Gasteiger partial charge in [-0.1, -0.05) is 115 Å². The number of aryl methyl sites for hydroxylation is 4. The van der Waals surface area contributed by atoms with Gasteiger partial charge >= 0.3 is 17.9 Å². The Morgan fingerprint density at radius 2 is 0.572 bits per heavy atom. The first kappa shape index (κ1) is 102. The van der Waals surface area contributed by atoms with E-state index in [0.29, 0.717) is 104 Å². The van der Waals surface area contributed by atoms with Gasteiger partial charge in [-0.05, 0) is 429 Å². The average molecular weight is 1870 g/mol. The zero-order chi connectivity index (χ0) is 97.7. The molecular weight excluding hydrogens is 1730 g/mol. The highest BCUT2D eigenvalue weighted by atomic mass is 16.7. The number of carbonyl (C=O) groups is 3. The smallest absolute Gasteiger partial charge is 0.343 e. The summed E-state index contributed by atoms with van der Waals surface area (Å²) in [6.07, 6.45) is 16.0. The molecule has 0 heterocycles. The van der Waals surface area contributed by atoms with Gasteiger partial charge < -0.3 is 71.1 Å². The van der Waals surface area contributed by atoms with Gasteiger partial charge in [0.15, 0.2) is 6.79 Å². The van der Waals surface area contributed by atoms with Crippen molar-refractivity contribution in [3.05, 3.63) is 321 Å². The van der Waals surface area contributed by atoms with Crippen LogP contribution in [0.15, 0.2) is 243 Å². The number of ether oxygens (including phenoxy) is 15. The molecule has 0 unspecified atom stereocenters. The maximum Gasteiger partial charge on any atom is 0.343 e. The van der Waals surface area contributed by atoms with Crippen LogP contribution in [0, 0.1) is 45.4 Å². The summed E-state index contributed by atoms with van der Waals surface area (Å²) < 4.78 is 85.2. The van der Waals surface area contributed by atoms with Gasteiger partial charge in [0.2, 0.25) is 13.6 Å². The second-order valence-electron chi connectivity index (χ2n) is 36.5. The fourth-order valence-electron chi connectivity index (χ4n) is 18.5. The maximum absolute atomic E-state index is 12.9. The second-order valence-corrected chi connectivity index (χ2v) is 36.5. The molecule has 0 radical (unpaired) electrons. The molecule has 2 saturated carbocycles. The molecule has 726 valence electrons. The Bertz CT molecular complexity index is 5870. The van der Waals surface area contributed by atoms with Crippen molar-refractivity contribution in [3.8, 4) is 103 Å². The van der Waals surface area contributed by atoms with Crippen molar-refractivity contribution in [1.82, 2.24) is 0 Å². The Morgan fingerprint density at radius 3 is 0.957 bits per heavy atom. The van der Waals surface area contributed by atoms with Gasteiger partial charge in [-0.25, -0.2) is 9.59 Å². The van der Waals surface area contributed by atoms with Crippen LogP contribution in [0.5, 0.6) is 80.5 Å². The van der Waals surface area contributed by atoms with Crippen molar-refractivity contribution in [2.45, 2.75) is 218 Å². The van der Waals surface area contributed by atoms with E-state index in [2.05, 4.69) is 152 Å². The van der Waals surface area contributed by atoms with Crippen molar-refractivity contribution in [2.24, 2.45) is 17.8 Å². The van der Waals surface area contributed by atoms with Gasteiger partial charge in [0.05, 0.1) is 62.8 Å². The van der Waals surface area contributed by atoms with Crippen molar-refractivity contribution >= 4 is 17.9 Å². The fourth-order valence-corrected chi connectivity index (χ4v) is 18.5. The Kier molecular flexibility index (Phi) is 36.8. The molecule has 0 aliphatic heterocycles. The number of benzene rings is 12. The molecule has 0 N–H and O–H groups in total. The summed E-state index contributed by atoms with van der Waals surface area (Å²) >= 11 is 0. The molecule has 16 rings (SSSR count). The Labute approximate surface area is 817 Å². The minimum absolute atomic E-state index is 0.0323. The summed E-state index contributed by atoms with van der Waals surface area (Å²) in [4.78, 5) is 38.1. The van der Waals surface area contributed by atoms with E-state index in [-0.39, 0.29) is 36.3 Å². The molecule has 2 fully saturated rings. The maximum atomic E-state index is 12.9. The highest BCUT2D eigenvalue weighted by Crippen LogP contribution is 2.53. The third kappa shape index (κ3) is 27.2. The monoisotopic (exact) mass is 1870 g/mol. The fraction of sp³-hybridized carbons (Fsp3) is 0.375. The number of hydrogen-bond acceptors (Lipinski definition) is 18. The van der Waals surface area contributed by atoms with Gasteiger partial charge in [0.25, 0.3) is 0 Å². The largest absolute Gasteiger partial charge is 0.494 e. The first-order chi connectivity index (χ1) is 66.9. The molecule has 138 heavy (non-hydrogen) atoms. The van der Waals surface area contributed by atoms with Crippen LogP contribution in [0.25, 0.3) is 22.3 Å². The summed E-state index contributed by atoms with van der Waals surface area (Å²) in [5, 5.41) is 0. The standard InChI is InChI=1S/C33H32O6.C33H44O4.C28H34O2.C26H28O6/c1-5-35-23-9-7-22(8-10-23)32(34)39-27-16-18-29-28-17-15-26(19-30(28)33(3,4)31(29)20-27)38-21-37-25-13-11-24(12-14-25)36-6-2;1-5-22-7-11-24(12-8-22)32(34)37-27-16-18-29-28-17-15-26(19-30(28)33(3,4)31(29)20-27)36-21-35-25-13-9-23(6-2)10-14-25;1-5-29-27-17-9-23(10-18-27)7-13-25-15-16-26(22(4)21(25)3)14-8-24-11-19-28(20-12-24)30-6-2;1-5-28-21-9-7-20(8-10-21)26(27)32-25-16-15-24(18(3)19(25)4)31-17-30-23-13-11-22(12-14-23)29-6-2/h7-20H,5-6,21H2,1-4H3;15-20,22-25H,5-14,21H2,1-4H3;9-12,15-20H,5-8,13-14H2,1-4H3;7-16H,5-6,17H2,1-4H3. The lowest BCUT2D eigenvalue weighted by Gasteiger charge is -2.27. The van der Waals surface area contributed by atoms with E-state index in [4.69, 9.17) is 71.1 Å². The number of hydrogen-bond donors (Lipinski definition) is 0. The van der Waals surface area contributed by atoms with E-state index in [9.17, 15) is 14.4 Å². The molecular formula is C120H138O18. The van der Waals surface area contributed by atoms with Crippen LogP contribution in [0.4, 0.5) is 0 Å². The van der Waals surface area contributed by atoms with Crippen LogP contribution < -0.4 is 66.3 Å². The third-order valence-electron chi connectivity index (χ3n) is 27.0. The van der Waals surface area contributed by atoms with Crippen molar-refractivity contribution in [3.63, 3.8) is 0 Å². The highest BCUT2D eigenvalue weighted by molar-refractivity contribution is 5.92. The van der Waals surface area contributed by atoms with Gasteiger partial charge in [0, 0.05) is 10.8 Å². The van der Waals surface area contributed by atoms with Crippen LogP contribution in [0.3, 0.4) is 0 Å². The zero-order valence-corrected chi connectivity index (χ0v) is 83.5. The van der Waals surface area contributed by atoms with Crippen LogP contribution in [0.2, 0.25) is 0 Å².